The van der Waals surface area contributed by atoms with Crippen molar-refractivity contribution in [2.75, 3.05) is 26.9 Å². The number of hydrogen-bond donors (Lipinski definition) is 1. The molecule has 0 spiro atoms. The monoisotopic (exact) mass is 227 g/mol. The summed E-state index contributed by atoms with van der Waals surface area (Å²) in [6, 6.07) is 4.47. The Balaban J connectivity index is 2.51. The number of aryl methyl sites for hydroxylation is 1. The van der Waals surface area contributed by atoms with Crippen LogP contribution < -0.4 is 5.73 Å². The second-order valence-corrected chi connectivity index (χ2v) is 3.70. The molecule has 0 aliphatic rings. The standard InChI is InChI=1S/C12H18FNO2/c1-9-3-4-11(13)10(7-9)12(14)8-16-6-5-15-2/h3-4,7,12H,5-6,8,14H2,1-2H3. The van der Waals surface area contributed by atoms with Gasteiger partial charge >= 0.3 is 0 Å². The highest BCUT2D eigenvalue weighted by Gasteiger charge is 2.11. The summed E-state index contributed by atoms with van der Waals surface area (Å²) >= 11 is 0. The minimum absolute atomic E-state index is 0.284. The first-order chi connectivity index (χ1) is 7.65. The molecule has 2 N–H and O–H groups in total. The second-order valence-electron chi connectivity index (χ2n) is 3.70. The lowest BCUT2D eigenvalue weighted by molar-refractivity contribution is 0.0632. The van der Waals surface area contributed by atoms with Crippen LogP contribution in [0.1, 0.15) is 17.2 Å². The van der Waals surface area contributed by atoms with E-state index in [9.17, 15) is 4.39 Å². The van der Waals surface area contributed by atoms with Crippen molar-refractivity contribution in [3.8, 4) is 0 Å². The quantitative estimate of drug-likeness (QED) is 0.754. The third kappa shape index (κ3) is 3.89. The number of methoxy groups -OCH3 is 1. The summed E-state index contributed by atoms with van der Waals surface area (Å²) < 4.78 is 23.5. The first kappa shape index (κ1) is 13.1. The van der Waals surface area contributed by atoms with E-state index in [1.807, 2.05) is 6.92 Å². The van der Waals surface area contributed by atoms with Crippen LogP contribution in [0.15, 0.2) is 18.2 Å². The van der Waals surface area contributed by atoms with Crippen LogP contribution in [0.3, 0.4) is 0 Å². The van der Waals surface area contributed by atoms with Crippen LogP contribution in [0.5, 0.6) is 0 Å². The molecule has 0 radical (unpaired) electrons. The van der Waals surface area contributed by atoms with E-state index in [2.05, 4.69) is 0 Å². The summed E-state index contributed by atoms with van der Waals surface area (Å²) in [5.41, 5.74) is 7.33. The molecule has 0 fully saturated rings. The third-order valence-corrected chi connectivity index (χ3v) is 2.28. The Kier molecular flexibility index (Phi) is 5.38. The summed E-state index contributed by atoms with van der Waals surface area (Å²) in [6.45, 7) is 3.19. The molecule has 16 heavy (non-hydrogen) atoms. The molecule has 0 saturated carbocycles. The van der Waals surface area contributed by atoms with Crippen molar-refractivity contribution in [1.29, 1.82) is 0 Å². The lowest BCUT2D eigenvalue weighted by Crippen LogP contribution is -2.19. The number of benzene rings is 1. The van der Waals surface area contributed by atoms with Crippen molar-refractivity contribution in [1.82, 2.24) is 0 Å². The van der Waals surface area contributed by atoms with Crippen molar-refractivity contribution < 1.29 is 13.9 Å². The summed E-state index contributed by atoms with van der Waals surface area (Å²) in [6.07, 6.45) is 0. The van der Waals surface area contributed by atoms with Gasteiger partial charge in [-0.2, -0.15) is 0 Å². The lowest BCUT2D eigenvalue weighted by Gasteiger charge is -2.14. The van der Waals surface area contributed by atoms with Gasteiger partial charge in [0.2, 0.25) is 0 Å². The third-order valence-electron chi connectivity index (χ3n) is 2.28. The zero-order chi connectivity index (χ0) is 12.0. The lowest BCUT2D eigenvalue weighted by atomic mass is 10.1. The molecule has 0 heterocycles. The van der Waals surface area contributed by atoms with Crippen LogP contribution in [0.4, 0.5) is 4.39 Å². The molecule has 3 nitrogen and oxygen atoms in total. The van der Waals surface area contributed by atoms with E-state index in [-0.39, 0.29) is 5.82 Å². The molecule has 90 valence electrons. The summed E-state index contributed by atoms with van der Waals surface area (Å²) in [7, 11) is 1.60. The highest BCUT2D eigenvalue weighted by atomic mass is 19.1. The van der Waals surface area contributed by atoms with Crippen molar-refractivity contribution in [2.45, 2.75) is 13.0 Å². The van der Waals surface area contributed by atoms with Crippen molar-refractivity contribution in [3.63, 3.8) is 0 Å². The van der Waals surface area contributed by atoms with E-state index < -0.39 is 6.04 Å². The van der Waals surface area contributed by atoms with E-state index in [0.29, 0.717) is 25.4 Å². The molecule has 1 unspecified atom stereocenters. The Hall–Kier alpha value is -0.970. The van der Waals surface area contributed by atoms with Gasteiger partial charge in [-0.3, -0.25) is 0 Å². The average Bonchev–Trinajstić information content (AvgIpc) is 2.27. The molecule has 0 amide bonds. The van der Waals surface area contributed by atoms with Crippen LogP contribution >= 0.6 is 0 Å². The summed E-state index contributed by atoms with van der Waals surface area (Å²) in [5.74, 6) is -0.284. The maximum absolute atomic E-state index is 13.4. The predicted octanol–water partition coefficient (Wildman–Crippen LogP) is 1.80. The van der Waals surface area contributed by atoms with Crippen LogP contribution in [0.2, 0.25) is 0 Å². The summed E-state index contributed by atoms with van der Waals surface area (Å²) in [4.78, 5) is 0. The van der Waals surface area contributed by atoms with Gasteiger partial charge in [0, 0.05) is 12.7 Å². The van der Waals surface area contributed by atoms with Gasteiger partial charge in [0.1, 0.15) is 5.82 Å². The zero-order valence-electron chi connectivity index (χ0n) is 9.70. The first-order valence-electron chi connectivity index (χ1n) is 5.23. The smallest absolute Gasteiger partial charge is 0.128 e. The number of halogens is 1. The molecule has 1 rings (SSSR count). The molecule has 1 aromatic rings. The Morgan fingerprint density at radius 2 is 2.12 bits per heavy atom. The molecule has 1 atom stereocenters. The Bertz CT molecular complexity index is 331. The molecule has 0 aliphatic carbocycles. The van der Waals surface area contributed by atoms with Crippen LogP contribution in [0, 0.1) is 12.7 Å². The number of rotatable bonds is 6. The first-order valence-corrected chi connectivity index (χ1v) is 5.23. The largest absolute Gasteiger partial charge is 0.382 e. The zero-order valence-corrected chi connectivity index (χ0v) is 9.70. The minimum Gasteiger partial charge on any atom is -0.382 e. The van der Waals surface area contributed by atoms with Crippen molar-refractivity contribution in [2.24, 2.45) is 5.73 Å². The molecule has 4 heteroatoms. The molecule has 0 saturated heterocycles. The minimum atomic E-state index is -0.434. The SMILES string of the molecule is COCCOCC(N)c1cc(C)ccc1F. The maximum Gasteiger partial charge on any atom is 0.128 e. The van der Waals surface area contributed by atoms with Crippen LogP contribution in [-0.4, -0.2) is 26.9 Å². The maximum atomic E-state index is 13.4. The van der Waals surface area contributed by atoms with E-state index in [1.165, 1.54) is 6.07 Å². The fourth-order valence-corrected chi connectivity index (χ4v) is 1.39. The van der Waals surface area contributed by atoms with Gasteiger partial charge in [0.05, 0.1) is 25.9 Å². The average molecular weight is 227 g/mol. The van der Waals surface area contributed by atoms with E-state index in [4.69, 9.17) is 15.2 Å². The Labute approximate surface area is 95.4 Å². The van der Waals surface area contributed by atoms with Gasteiger partial charge in [-0.15, -0.1) is 0 Å². The van der Waals surface area contributed by atoms with Gasteiger partial charge < -0.3 is 15.2 Å². The number of hydrogen-bond acceptors (Lipinski definition) is 3. The second kappa shape index (κ2) is 6.58. The van der Waals surface area contributed by atoms with Crippen LogP contribution in [-0.2, 0) is 9.47 Å². The van der Waals surface area contributed by atoms with Crippen molar-refractivity contribution in [3.05, 3.63) is 35.1 Å². The van der Waals surface area contributed by atoms with E-state index >= 15 is 0 Å². The molecule has 1 aromatic carbocycles. The molecular formula is C12H18FNO2. The molecular weight excluding hydrogens is 209 g/mol. The predicted molar refractivity (Wildman–Crippen MR) is 60.8 cm³/mol. The van der Waals surface area contributed by atoms with Gasteiger partial charge in [0.25, 0.3) is 0 Å². The fraction of sp³-hybridized carbons (Fsp3) is 0.500. The van der Waals surface area contributed by atoms with E-state index in [1.54, 1.807) is 19.2 Å². The fourth-order valence-electron chi connectivity index (χ4n) is 1.39. The number of ether oxygens (including phenoxy) is 2. The summed E-state index contributed by atoms with van der Waals surface area (Å²) in [5, 5.41) is 0. The normalized spacial score (nSPS) is 12.8. The van der Waals surface area contributed by atoms with Gasteiger partial charge in [-0.25, -0.2) is 4.39 Å². The van der Waals surface area contributed by atoms with Gasteiger partial charge in [-0.1, -0.05) is 17.7 Å². The Morgan fingerprint density at radius 1 is 1.38 bits per heavy atom. The molecule has 0 aliphatic heterocycles. The molecule has 0 bridgehead atoms. The van der Waals surface area contributed by atoms with E-state index in [0.717, 1.165) is 5.56 Å². The van der Waals surface area contributed by atoms with Crippen LogP contribution in [0.25, 0.3) is 0 Å². The van der Waals surface area contributed by atoms with Gasteiger partial charge in [0.15, 0.2) is 0 Å². The molecule has 0 aromatic heterocycles. The highest BCUT2D eigenvalue weighted by molar-refractivity contribution is 5.26. The highest BCUT2D eigenvalue weighted by Crippen LogP contribution is 2.16. The Morgan fingerprint density at radius 3 is 2.81 bits per heavy atom. The number of nitrogens with two attached hydrogens (primary N) is 1. The van der Waals surface area contributed by atoms with Crippen molar-refractivity contribution >= 4 is 0 Å². The topological polar surface area (TPSA) is 44.5 Å². The van der Waals surface area contributed by atoms with Gasteiger partial charge in [-0.05, 0) is 13.0 Å².